The molecule has 0 unspecified atom stereocenters. The molecule has 2 aromatic rings. The second-order valence-electron chi connectivity index (χ2n) is 3.64. The van der Waals surface area contributed by atoms with Crippen molar-refractivity contribution < 1.29 is 9.53 Å². The van der Waals surface area contributed by atoms with E-state index in [1.54, 1.807) is 31.6 Å². The molecule has 1 N–H and O–H groups in total. The van der Waals surface area contributed by atoms with Gasteiger partial charge in [-0.05, 0) is 12.1 Å². The number of para-hydroxylation sites is 1. The number of aromatic nitrogens is 2. The third kappa shape index (κ3) is 3.07. The minimum Gasteiger partial charge on any atom is -0.410 e. The van der Waals surface area contributed by atoms with E-state index in [9.17, 15) is 4.79 Å². The molecule has 0 fully saturated rings. The molecule has 1 heterocycles. The molecule has 1 amide bonds. The number of ether oxygens (including phenoxy) is 1. The predicted octanol–water partition coefficient (Wildman–Crippen LogP) is 2.04. The molecule has 2 rings (SSSR count). The summed E-state index contributed by atoms with van der Waals surface area (Å²) < 4.78 is 5.18. The summed E-state index contributed by atoms with van der Waals surface area (Å²) in [7, 11) is 1.68. The lowest BCUT2D eigenvalue weighted by Crippen LogP contribution is -2.29. The predicted molar refractivity (Wildman–Crippen MR) is 62.5 cm³/mol. The van der Waals surface area contributed by atoms with Crippen molar-refractivity contribution >= 4 is 6.09 Å². The van der Waals surface area contributed by atoms with Crippen molar-refractivity contribution in [2.24, 2.45) is 0 Å². The summed E-state index contributed by atoms with van der Waals surface area (Å²) in [5.41, 5.74) is 0.928. The Bertz CT molecular complexity index is 468. The van der Waals surface area contributed by atoms with Gasteiger partial charge in [-0.2, -0.15) is 5.10 Å². The smallest absolute Gasteiger partial charge is 0.410 e. The Morgan fingerprint density at radius 3 is 2.82 bits per heavy atom. The van der Waals surface area contributed by atoms with Crippen molar-refractivity contribution in [2.45, 2.75) is 6.54 Å². The monoisotopic (exact) mass is 231 g/mol. The summed E-state index contributed by atoms with van der Waals surface area (Å²) in [6.45, 7) is 0.460. The summed E-state index contributed by atoms with van der Waals surface area (Å²) in [5.74, 6) is 0.538. The van der Waals surface area contributed by atoms with E-state index in [2.05, 4.69) is 10.2 Å². The number of H-pyrrole nitrogens is 1. The molecule has 88 valence electrons. The molecule has 0 aliphatic heterocycles. The Hall–Kier alpha value is -2.30. The Kier molecular flexibility index (Phi) is 3.40. The number of hydrogen-bond donors (Lipinski definition) is 1. The number of nitrogens with one attached hydrogen (secondary N) is 1. The molecule has 0 bridgehead atoms. The first kappa shape index (κ1) is 11.2. The third-order valence-corrected chi connectivity index (χ3v) is 2.23. The van der Waals surface area contributed by atoms with Gasteiger partial charge in [-0.15, -0.1) is 0 Å². The summed E-state index contributed by atoms with van der Waals surface area (Å²) in [5, 5.41) is 6.51. The number of rotatable bonds is 3. The van der Waals surface area contributed by atoms with E-state index < -0.39 is 6.09 Å². The fraction of sp³-hybridized carbons (Fsp3) is 0.167. The van der Waals surface area contributed by atoms with Gasteiger partial charge in [0.25, 0.3) is 0 Å². The van der Waals surface area contributed by atoms with E-state index in [1.165, 1.54) is 4.90 Å². The normalized spacial score (nSPS) is 9.94. The van der Waals surface area contributed by atoms with Crippen LogP contribution in [0, 0.1) is 0 Å². The topological polar surface area (TPSA) is 58.2 Å². The summed E-state index contributed by atoms with van der Waals surface area (Å²) >= 11 is 0. The highest BCUT2D eigenvalue weighted by molar-refractivity contribution is 5.70. The number of amides is 1. The van der Waals surface area contributed by atoms with Crippen LogP contribution in [0.1, 0.15) is 5.56 Å². The van der Waals surface area contributed by atoms with Gasteiger partial charge >= 0.3 is 6.09 Å². The lowest BCUT2D eigenvalue weighted by Gasteiger charge is -2.15. The highest BCUT2D eigenvalue weighted by Crippen LogP contribution is 2.10. The standard InChI is InChI=1S/C12H13N3O2/c1-15(9-10-7-13-14-8-10)12(16)17-11-5-3-2-4-6-11/h2-8H,9H2,1H3,(H,13,14). The van der Waals surface area contributed by atoms with Crippen molar-refractivity contribution in [3.8, 4) is 5.75 Å². The van der Waals surface area contributed by atoms with Crippen LogP contribution in [-0.2, 0) is 6.54 Å². The number of carbonyl (C=O) groups excluding carboxylic acids is 1. The van der Waals surface area contributed by atoms with Crippen LogP contribution in [0.15, 0.2) is 42.7 Å². The molecular formula is C12H13N3O2. The van der Waals surface area contributed by atoms with Gasteiger partial charge in [-0.3, -0.25) is 5.10 Å². The summed E-state index contributed by atoms with van der Waals surface area (Å²) in [6, 6.07) is 8.98. The Morgan fingerprint density at radius 2 is 2.18 bits per heavy atom. The van der Waals surface area contributed by atoms with Crippen molar-refractivity contribution in [3.63, 3.8) is 0 Å². The van der Waals surface area contributed by atoms with Gasteiger partial charge in [0.15, 0.2) is 0 Å². The molecule has 0 aliphatic rings. The lowest BCUT2D eigenvalue weighted by atomic mass is 10.3. The first-order chi connectivity index (χ1) is 8.25. The average molecular weight is 231 g/mol. The van der Waals surface area contributed by atoms with Gasteiger partial charge in [0, 0.05) is 18.8 Å². The molecular weight excluding hydrogens is 218 g/mol. The minimum atomic E-state index is -0.391. The molecule has 0 saturated heterocycles. The van der Waals surface area contributed by atoms with Crippen LogP contribution in [0.4, 0.5) is 4.79 Å². The second-order valence-corrected chi connectivity index (χ2v) is 3.64. The quantitative estimate of drug-likeness (QED) is 0.879. The number of carbonyl (C=O) groups is 1. The Balaban J connectivity index is 1.92. The third-order valence-electron chi connectivity index (χ3n) is 2.23. The van der Waals surface area contributed by atoms with E-state index in [0.717, 1.165) is 5.56 Å². The molecule has 0 atom stereocenters. The van der Waals surface area contributed by atoms with E-state index >= 15 is 0 Å². The minimum absolute atomic E-state index is 0.391. The van der Waals surface area contributed by atoms with Gasteiger partial charge in [-0.1, -0.05) is 18.2 Å². The highest BCUT2D eigenvalue weighted by Gasteiger charge is 2.11. The molecule has 0 radical (unpaired) electrons. The SMILES string of the molecule is CN(Cc1cn[nH]c1)C(=O)Oc1ccccc1. The highest BCUT2D eigenvalue weighted by atomic mass is 16.6. The van der Waals surface area contributed by atoms with Crippen molar-refractivity contribution in [2.75, 3.05) is 7.05 Å². The van der Waals surface area contributed by atoms with Crippen molar-refractivity contribution in [1.82, 2.24) is 15.1 Å². The molecule has 0 saturated carbocycles. The molecule has 0 spiro atoms. The fourth-order valence-electron chi connectivity index (χ4n) is 1.37. The maximum Gasteiger partial charge on any atom is 0.415 e. The molecule has 5 nitrogen and oxygen atoms in total. The van der Waals surface area contributed by atoms with Crippen molar-refractivity contribution in [1.29, 1.82) is 0 Å². The van der Waals surface area contributed by atoms with E-state index in [0.29, 0.717) is 12.3 Å². The fourth-order valence-corrected chi connectivity index (χ4v) is 1.37. The van der Waals surface area contributed by atoms with E-state index in [4.69, 9.17) is 4.74 Å². The summed E-state index contributed by atoms with van der Waals surface area (Å²) in [6.07, 6.45) is 3.02. The molecule has 17 heavy (non-hydrogen) atoms. The average Bonchev–Trinajstić information content (AvgIpc) is 2.83. The van der Waals surface area contributed by atoms with Gasteiger partial charge < -0.3 is 9.64 Å². The first-order valence-electron chi connectivity index (χ1n) is 5.21. The maximum absolute atomic E-state index is 11.7. The maximum atomic E-state index is 11.7. The van der Waals surface area contributed by atoms with Crippen molar-refractivity contribution in [3.05, 3.63) is 48.3 Å². The number of hydrogen-bond acceptors (Lipinski definition) is 3. The molecule has 1 aromatic heterocycles. The van der Waals surface area contributed by atoms with Gasteiger partial charge in [0.05, 0.1) is 12.7 Å². The van der Waals surface area contributed by atoms with Crippen LogP contribution < -0.4 is 4.74 Å². The van der Waals surface area contributed by atoms with Crippen LogP contribution in [0.25, 0.3) is 0 Å². The zero-order valence-electron chi connectivity index (χ0n) is 9.46. The molecule has 0 aliphatic carbocycles. The Morgan fingerprint density at radius 1 is 1.41 bits per heavy atom. The summed E-state index contributed by atoms with van der Waals surface area (Å²) in [4.78, 5) is 13.2. The largest absolute Gasteiger partial charge is 0.415 e. The van der Waals surface area contributed by atoms with E-state index in [-0.39, 0.29) is 0 Å². The van der Waals surface area contributed by atoms with E-state index in [1.807, 2.05) is 18.2 Å². The molecule has 5 heteroatoms. The van der Waals surface area contributed by atoms with Gasteiger partial charge in [0.2, 0.25) is 0 Å². The van der Waals surface area contributed by atoms with Gasteiger partial charge in [0.1, 0.15) is 5.75 Å². The first-order valence-corrected chi connectivity index (χ1v) is 5.21. The van der Waals surface area contributed by atoms with Crippen LogP contribution in [0.5, 0.6) is 5.75 Å². The number of nitrogens with zero attached hydrogens (tertiary/aromatic N) is 2. The zero-order chi connectivity index (χ0) is 12.1. The van der Waals surface area contributed by atoms with Gasteiger partial charge in [-0.25, -0.2) is 4.79 Å². The zero-order valence-corrected chi connectivity index (χ0v) is 9.46. The lowest BCUT2D eigenvalue weighted by molar-refractivity contribution is 0.161. The van der Waals surface area contributed by atoms with Crippen LogP contribution >= 0.6 is 0 Å². The molecule has 1 aromatic carbocycles. The number of benzene rings is 1. The van der Waals surface area contributed by atoms with Crippen LogP contribution in [0.2, 0.25) is 0 Å². The van der Waals surface area contributed by atoms with Crippen LogP contribution in [0.3, 0.4) is 0 Å². The van der Waals surface area contributed by atoms with Crippen LogP contribution in [-0.4, -0.2) is 28.2 Å². The Labute approximate surface area is 99.0 Å². The number of aromatic amines is 1. The second kappa shape index (κ2) is 5.16.